The first-order valence-electron chi connectivity index (χ1n) is 8.20. The Hall–Kier alpha value is -2.89. The van der Waals surface area contributed by atoms with Crippen LogP contribution in [0.1, 0.15) is 29.6 Å². The number of H-pyrrole nitrogens is 1. The lowest BCUT2D eigenvalue weighted by Crippen LogP contribution is -2.35. The number of piperidine rings is 1. The molecule has 1 aliphatic rings. The first kappa shape index (κ1) is 14.7. The molecule has 0 spiro atoms. The van der Waals surface area contributed by atoms with Gasteiger partial charge in [0.2, 0.25) is 0 Å². The van der Waals surface area contributed by atoms with Crippen LogP contribution in [0.5, 0.6) is 0 Å². The number of nitrogens with zero attached hydrogens (tertiary/aromatic N) is 3. The molecule has 1 aliphatic heterocycles. The number of aromatic nitrogens is 3. The van der Waals surface area contributed by atoms with E-state index in [0.717, 1.165) is 37.9 Å². The van der Waals surface area contributed by atoms with Crippen molar-refractivity contribution in [3.05, 3.63) is 58.5 Å². The predicted molar refractivity (Wildman–Crippen MR) is 91.0 cm³/mol. The molecule has 1 amide bonds. The maximum absolute atomic E-state index is 12.8. The summed E-state index contributed by atoms with van der Waals surface area (Å²) in [6.07, 6.45) is 4.79. The van der Waals surface area contributed by atoms with E-state index in [0.29, 0.717) is 16.9 Å². The minimum Gasteiger partial charge on any atom is -0.338 e. The lowest BCUT2D eigenvalue weighted by molar-refractivity contribution is 0.0726. The zero-order valence-electron chi connectivity index (χ0n) is 13.2. The molecule has 0 atom stereocenters. The van der Waals surface area contributed by atoms with Crippen LogP contribution in [0.25, 0.3) is 16.9 Å². The molecule has 0 bridgehead atoms. The highest BCUT2D eigenvalue weighted by Gasteiger charge is 2.22. The van der Waals surface area contributed by atoms with E-state index in [-0.39, 0.29) is 11.5 Å². The third-order valence-corrected chi connectivity index (χ3v) is 4.44. The van der Waals surface area contributed by atoms with E-state index in [1.165, 1.54) is 10.6 Å². The summed E-state index contributed by atoms with van der Waals surface area (Å²) in [5.41, 5.74) is 2.04. The molecule has 122 valence electrons. The van der Waals surface area contributed by atoms with Crippen LogP contribution in [0.3, 0.4) is 0 Å². The second kappa shape index (κ2) is 5.96. The zero-order chi connectivity index (χ0) is 16.5. The Labute approximate surface area is 138 Å². The maximum atomic E-state index is 12.8. The van der Waals surface area contributed by atoms with Crippen molar-refractivity contribution in [3.8, 4) is 11.3 Å². The fourth-order valence-electron chi connectivity index (χ4n) is 3.16. The first-order valence-corrected chi connectivity index (χ1v) is 8.20. The van der Waals surface area contributed by atoms with Crippen LogP contribution in [0.4, 0.5) is 0 Å². The summed E-state index contributed by atoms with van der Waals surface area (Å²) in [6.45, 7) is 1.53. The number of rotatable bonds is 2. The Morgan fingerprint density at radius 2 is 1.83 bits per heavy atom. The third-order valence-electron chi connectivity index (χ3n) is 4.44. The monoisotopic (exact) mass is 322 g/mol. The van der Waals surface area contributed by atoms with Crippen LogP contribution in [-0.4, -0.2) is 38.5 Å². The summed E-state index contributed by atoms with van der Waals surface area (Å²) >= 11 is 0. The van der Waals surface area contributed by atoms with Crippen molar-refractivity contribution in [1.82, 2.24) is 19.5 Å². The van der Waals surface area contributed by atoms with Gasteiger partial charge in [-0.2, -0.15) is 0 Å². The van der Waals surface area contributed by atoms with Crippen molar-refractivity contribution >= 4 is 11.6 Å². The SMILES string of the molecule is O=C(c1c[nH]n2c(=O)cc(-c3ccccc3)nc12)N1CCCCC1. The van der Waals surface area contributed by atoms with Crippen molar-refractivity contribution in [2.45, 2.75) is 19.3 Å². The number of carbonyl (C=O) groups excluding carboxylic acids is 1. The number of amides is 1. The number of carbonyl (C=O) groups is 1. The number of hydrogen-bond acceptors (Lipinski definition) is 3. The Bertz CT molecular complexity index is 937. The van der Waals surface area contributed by atoms with Crippen molar-refractivity contribution in [3.63, 3.8) is 0 Å². The summed E-state index contributed by atoms with van der Waals surface area (Å²) in [5, 5.41) is 2.85. The largest absolute Gasteiger partial charge is 0.338 e. The molecule has 0 saturated carbocycles. The minimum absolute atomic E-state index is 0.0643. The lowest BCUT2D eigenvalue weighted by Gasteiger charge is -2.26. The van der Waals surface area contributed by atoms with Crippen LogP contribution >= 0.6 is 0 Å². The molecule has 1 N–H and O–H groups in total. The number of hydrogen-bond donors (Lipinski definition) is 1. The normalized spacial score (nSPS) is 14.9. The van der Waals surface area contributed by atoms with Crippen LogP contribution in [0, 0.1) is 0 Å². The molecule has 0 unspecified atom stereocenters. The number of likely N-dealkylation sites (tertiary alicyclic amines) is 1. The van der Waals surface area contributed by atoms with E-state index in [9.17, 15) is 9.59 Å². The molecule has 1 fully saturated rings. The van der Waals surface area contributed by atoms with E-state index in [2.05, 4.69) is 10.1 Å². The highest BCUT2D eigenvalue weighted by Crippen LogP contribution is 2.19. The molecule has 0 radical (unpaired) electrons. The second-order valence-electron chi connectivity index (χ2n) is 6.04. The van der Waals surface area contributed by atoms with Gasteiger partial charge in [0.15, 0.2) is 5.65 Å². The van der Waals surface area contributed by atoms with Gasteiger partial charge in [-0.1, -0.05) is 30.3 Å². The van der Waals surface area contributed by atoms with Gasteiger partial charge in [-0.3, -0.25) is 14.7 Å². The quantitative estimate of drug-likeness (QED) is 0.787. The Kier molecular flexibility index (Phi) is 3.65. The second-order valence-corrected chi connectivity index (χ2v) is 6.04. The van der Waals surface area contributed by atoms with Gasteiger partial charge in [0, 0.05) is 30.9 Å². The van der Waals surface area contributed by atoms with Gasteiger partial charge in [0.25, 0.3) is 11.5 Å². The van der Waals surface area contributed by atoms with E-state index >= 15 is 0 Å². The smallest absolute Gasteiger partial charge is 0.273 e. The zero-order valence-corrected chi connectivity index (χ0v) is 13.2. The summed E-state index contributed by atoms with van der Waals surface area (Å²) in [7, 11) is 0. The predicted octanol–water partition coefficient (Wildman–Crippen LogP) is 2.32. The number of nitrogens with one attached hydrogen (secondary N) is 1. The molecule has 3 aromatic rings. The van der Waals surface area contributed by atoms with Crippen molar-refractivity contribution < 1.29 is 4.79 Å². The van der Waals surface area contributed by atoms with E-state index < -0.39 is 0 Å². The van der Waals surface area contributed by atoms with Gasteiger partial charge in [-0.15, -0.1) is 0 Å². The number of fused-ring (bicyclic) bond motifs is 1. The Morgan fingerprint density at radius 1 is 1.08 bits per heavy atom. The third kappa shape index (κ3) is 2.50. The van der Waals surface area contributed by atoms with Crippen LogP contribution < -0.4 is 5.56 Å². The summed E-state index contributed by atoms with van der Waals surface area (Å²) < 4.78 is 1.32. The molecule has 6 heteroatoms. The van der Waals surface area contributed by atoms with Crippen LogP contribution in [0.15, 0.2) is 47.4 Å². The molecule has 1 aromatic carbocycles. The van der Waals surface area contributed by atoms with Gasteiger partial charge in [-0.05, 0) is 19.3 Å². The van der Waals surface area contributed by atoms with Gasteiger partial charge in [-0.25, -0.2) is 9.50 Å². The van der Waals surface area contributed by atoms with Gasteiger partial charge in [0.1, 0.15) is 5.56 Å². The molecule has 0 aliphatic carbocycles. The summed E-state index contributed by atoms with van der Waals surface area (Å²) in [4.78, 5) is 31.5. The summed E-state index contributed by atoms with van der Waals surface area (Å²) in [5.74, 6) is -0.0643. The van der Waals surface area contributed by atoms with E-state index in [4.69, 9.17) is 0 Å². The lowest BCUT2D eigenvalue weighted by atomic mass is 10.1. The molecule has 6 nitrogen and oxygen atoms in total. The molecular formula is C18H18N4O2. The van der Waals surface area contributed by atoms with Crippen molar-refractivity contribution in [1.29, 1.82) is 0 Å². The fourth-order valence-corrected chi connectivity index (χ4v) is 3.16. The topological polar surface area (TPSA) is 70.5 Å². The van der Waals surface area contributed by atoms with Gasteiger partial charge < -0.3 is 4.90 Å². The first-order chi connectivity index (χ1) is 11.7. The maximum Gasteiger partial charge on any atom is 0.273 e. The molecule has 2 aromatic heterocycles. The van der Waals surface area contributed by atoms with Gasteiger partial charge >= 0.3 is 0 Å². The summed E-state index contributed by atoms with van der Waals surface area (Å²) in [6, 6.07) is 11.0. The molecule has 3 heterocycles. The van der Waals surface area contributed by atoms with Crippen molar-refractivity contribution in [2.24, 2.45) is 0 Å². The van der Waals surface area contributed by atoms with E-state index in [1.54, 1.807) is 6.20 Å². The molecule has 4 rings (SSSR count). The highest BCUT2D eigenvalue weighted by atomic mass is 16.2. The highest BCUT2D eigenvalue weighted by molar-refractivity contribution is 5.99. The average Bonchev–Trinajstić information content (AvgIpc) is 3.07. The Morgan fingerprint density at radius 3 is 2.58 bits per heavy atom. The number of benzene rings is 1. The minimum atomic E-state index is -0.225. The Balaban J connectivity index is 1.81. The number of aromatic amines is 1. The standard InChI is InChI=1S/C18H18N4O2/c23-16-11-15(13-7-3-1-4-8-13)20-17-14(12-19-22(16)17)18(24)21-9-5-2-6-10-21/h1,3-4,7-8,11-12,19H,2,5-6,9-10H2. The fraction of sp³-hybridized carbons (Fsp3) is 0.278. The molecule has 1 saturated heterocycles. The molecular weight excluding hydrogens is 304 g/mol. The molecule has 24 heavy (non-hydrogen) atoms. The van der Waals surface area contributed by atoms with Crippen LogP contribution in [-0.2, 0) is 0 Å². The average molecular weight is 322 g/mol. The van der Waals surface area contributed by atoms with E-state index in [1.807, 2.05) is 35.2 Å². The van der Waals surface area contributed by atoms with Crippen molar-refractivity contribution in [2.75, 3.05) is 13.1 Å². The van der Waals surface area contributed by atoms with Crippen LogP contribution in [0.2, 0.25) is 0 Å². The van der Waals surface area contributed by atoms with Gasteiger partial charge in [0.05, 0.1) is 5.69 Å².